The summed E-state index contributed by atoms with van der Waals surface area (Å²) in [6, 6.07) is 15.1. The lowest BCUT2D eigenvalue weighted by Gasteiger charge is -2.15. The van der Waals surface area contributed by atoms with Crippen LogP contribution in [0.2, 0.25) is 0 Å². The van der Waals surface area contributed by atoms with E-state index in [1.807, 2.05) is 69.3 Å². The monoisotopic (exact) mass is 425 g/mol. The van der Waals surface area contributed by atoms with Gasteiger partial charge in [-0.1, -0.05) is 36.9 Å². The van der Waals surface area contributed by atoms with Crippen LogP contribution < -0.4 is 10.1 Å². The topological polar surface area (TPSA) is 71.0 Å². The van der Waals surface area contributed by atoms with Crippen LogP contribution in [0.5, 0.6) is 5.75 Å². The van der Waals surface area contributed by atoms with E-state index in [0.29, 0.717) is 18.3 Å². The average Bonchev–Trinajstić information content (AvgIpc) is 3.00. The van der Waals surface area contributed by atoms with Crippen LogP contribution in [0.3, 0.4) is 0 Å². The van der Waals surface area contributed by atoms with Crippen molar-refractivity contribution in [1.29, 1.82) is 0 Å². The van der Waals surface area contributed by atoms with Crippen LogP contribution in [0, 0.1) is 6.92 Å². The molecule has 0 saturated carbocycles. The molecule has 1 fully saturated rings. The van der Waals surface area contributed by atoms with E-state index in [9.17, 15) is 9.59 Å². The van der Waals surface area contributed by atoms with Crippen molar-refractivity contribution in [3.05, 3.63) is 54.1 Å². The molecule has 2 aromatic carbocycles. The lowest BCUT2D eigenvalue weighted by molar-refractivity contribution is -0.128. The summed E-state index contributed by atoms with van der Waals surface area (Å²) in [6.45, 7) is 7.08. The van der Waals surface area contributed by atoms with E-state index >= 15 is 0 Å². The molecule has 7 heteroatoms. The van der Waals surface area contributed by atoms with Crippen LogP contribution in [0.4, 0.5) is 11.4 Å². The maximum Gasteiger partial charge on any atom is 0.242 e. The molecule has 1 aliphatic heterocycles. The molecule has 1 atom stereocenters. The zero-order chi connectivity index (χ0) is 21.5. The Kier molecular flexibility index (Phi) is 7.52. The van der Waals surface area contributed by atoms with Gasteiger partial charge in [0.2, 0.25) is 11.8 Å². The summed E-state index contributed by atoms with van der Waals surface area (Å²) >= 11 is 1.35. The number of rotatable bonds is 8. The number of benzene rings is 2. The number of carbonyl (C=O) groups excluding carboxylic acids is 2. The van der Waals surface area contributed by atoms with Gasteiger partial charge in [-0.25, -0.2) is 4.99 Å². The van der Waals surface area contributed by atoms with Crippen LogP contribution >= 0.6 is 11.8 Å². The minimum Gasteiger partial charge on any atom is -0.494 e. The second-order valence-electron chi connectivity index (χ2n) is 6.98. The van der Waals surface area contributed by atoms with Crippen molar-refractivity contribution in [3.8, 4) is 5.75 Å². The summed E-state index contributed by atoms with van der Waals surface area (Å²) in [7, 11) is 0. The number of nitrogens with zero attached hydrogens (tertiary/aromatic N) is 2. The number of aryl methyl sites for hydroxylation is 1. The molecule has 0 bridgehead atoms. The maximum atomic E-state index is 12.9. The number of hydrogen-bond acceptors (Lipinski definition) is 5. The highest BCUT2D eigenvalue weighted by atomic mass is 32.2. The number of carbonyl (C=O) groups is 2. The van der Waals surface area contributed by atoms with E-state index < -0.39 is 5.25 Å². The summed E-state index contributed by atoms with van der Waals surface area (Å²) in [5.41, 5.74) is 2.51. The van der Waals surface area contributed by atoms with Crippen molar-refractivity contribution >= 4 is 40.1 Å². The molecule has 3 rings (SSSR count). The highest BCUT2D eigenvalue weighted by Crippen LogP contribution is 2.32. The summed E-state index contributed by atoms with van der Waals surface area (Å²) in [6.07, 6.45) is 0.928. The molecule has 30 heavy (non-hydrogen) atoms. The minimum atomic E-state index is -0.470. The van der Waals surface area contributed by atoms with Crippen LogP contribution in [0.1, 0.15) is 32.3 Å². The smallest absolute Gasteiger partial charge is 0.242 e. The summed E-state index contributed by atoms with van der Waals surface area (Å²) in [4.78, 5) is 31.8. The maximum absolute atomic E-state index is 12.9. The molecule has 0 aliphatic carbocycles. The molecular formula is C23H27N3O3S. The first-order chi connectivity index (χ1) is 14.5. The zero-order valence-corrected chi connectivity index (χ0v) is 18.4. The van der Waals surface area contributed by atoms with E-state index in [-0.39, 0.29) is 18.2 Å². The van der Waals surface area contributed by atoms with E-state index in [0.717, 1.165) is 29.1 Å². The predicted octanol–water partition coefficient (Wildman–Crippen LogP) is 4.76. The minimum absolute atomic E-state index is 0.0635. The first-order valence-electron chi connectivity index (χ1n) is 10.2. The van der Waals surface area contributed by atoms with Crippen molar-refractivity contribution in [2.24, 2.45) is 4.99 Å². The molecule has 6 nitrogen and oxygen atoms in total. The normalized spacial score (nSPS) is 17.4. The number of anilines is 1. The quantitative estimate of drug-likeness (QED) is 0.662. The number of thioether (sulfide) groups is 1. The van der Waals surface area contributed by atoms with Crippen LogP contribution in [0.25, 0.3) is 0 Å². The molecule has 1 heterocycles. The van der Waals surface area contributed by atoms with Crippen molar-refractivity contribution in [2.45, 2.75) is 38.9 Å². The summed E-state index contributed by atoms with van der Waals surface area (Å²) in [5.74, 6) is 0.549. The van der Waals surface area contributed by atoms with Crippen LogP contribution in [-0.2, 0) is 9.59 Å². The molecule has 1 aliphatic rings. The van der Waals surface area contributed by atoms with Gasteiger partial charge in [0.05, 0.1) is 12.3 Å². The number of amidine groups is 1. The Hall–Kier alpha value is -2.80. The number of aliphatic imine (C=N–C) groups is 1. The largest absolute Gasteiger partial charge is 0.494 e. The third-order valence-corrected chi connectivity index (χ3v) is 5.80. The van der Waals surface area contributed by atoms with Gasteiger partial charge in [-0.15, -0.1) is 0 Å². The lowest BCUT2D eigenvalue weighted by atomic mass is 10.2. The fraction of sp³-hybridized carbons (Fsp3) is 0.348. The van der Waals surface area contributed by atoms with Crippen LogP contribution in [-0.4, -0.2) is 40.3 Å². The fourth-order valence-electron chi connectivity index (χ4n) is 3.13. The van der Waals surface area contributed by atoms with Gasteiger partial charge >= 0.3 is 0 Å². The second-order valence-corrected chi connectivity index (χ2v) is 8.15. The average molecular weight is 426 g/mol. The molecule has 0 aromatic heterocycles. The van der Waals surface area contributed by atoms with Gasteiger partial charge in [0.15, 0.2) is 5.17 Å². The molecule has 1 N–H and O–H groups in total. The van der Waals surface area contributed by atoms with Gasteiger partial charge in [0.1, 0.15) is 11.0 Å². The molecule has 1 saturated heterocycles. The Morgan fingerprint density at radius 3 is 2.57 bits per heavy atom. The van der Waals surface area contributed by atoms with Gasteiger partial charge in [0.25, 0.3) is 0 Å². The molecule has 0 spiro atoms. The second kappa shape index (κ2) is 10.3. The zero-order valence-electron chi connectivity index (χ0n) is 17.6. The van der Waals surface area contributed by atoms with Crippen molar-refractivity contribution in [3.63, 3.8) is 0 Å². The van der Waals surface area contributed by atoms with E-state index in [2.05, 4.69) is 10.3 Å². The molecular weight excluding hydrogens is 398 g/mol. The molecule has 0 unspecified atom stereocenters. The Bertz CT molecular complexity index is 928. The van der Waals surface area contributed by atoms with Crippen LogP contribution in [0.15, 0.2) is 53.5 Å². The van der Waals surface area contributed by atoms with Gasteiger partial charge in [-0.3, -0.25) is 14.5 Å². The highest BCUT2D eigenvalue weighted by Gasteiger charge is 2.38. The SMILES string of the molecule is CCCN1C(=O)[C@H](CC(=O)Nc2ccccc2C)SC1=Nc1ccc(OCC)cc1. The fourth-order valence-corrected chi connectivity index (χ4v) is 4.32. The molecule has 2 aromatic rings. The number of hydrogen-bond donors (Lipinski definition) is 1. The molecule has 158 valence electrons. The summed E-state index contributed by atoms with van der Waals surface area (Å²) < 4.78 is 5.46. The van der Waals surface area contributed by atoms with E-state index in [1.165, 1.54) is 11.8 Å². The van der Waals surface area contributed by atoms with Gasteiger partial charge in [0, 0.05) is 18.7 Å². The first-order valence-corrected chi connectivity index (χ1v) is 11.0. The van der Waals surface area contributed by atoms with Crippen molar-refractivity contribution in [2.75, 3.05) is 18.5 Å². The predicted molar refractivity (Wildman–Crippen MR) is 123 cm³/mol. The Morgan fingerprint density at radius 1 is 1.17 bits per heavy atom. The summed E-state index contributed by atoms with van der Waals surface area (Å²) in [5, 5.41) is 3.08. The number of amides is 2. The van der Waals surface area contributed by atoms with E-state index in [1.54, 1.807) is 4.90 Å². The third kappa shape index (κ3) is 5.42. The molecule has 0 radical (unpaired) electrons. The number of ether oxygens (including phenoxy) is 1. The third-order valence-electron chi connectivity index (χ3n) is 4.63. The highest BCUT2D eigenvalue weighted by molar-refractivity contribution is 8.15. The van der Waals surface area contributed by atoms with Gasteiger partial charge in [-0.05, 0) is 56.2 Å². The Morgan fingerprint density at radius 2 is 1.90 bits per heavy atom. The van der Waals surface area contributed by atoms with Gasteiger partial charge in [-0.2, -0.15) is 0 Å². The number of para-hydroxylation sites is 1. The Labute approximate surface area is 181 Å². The number of nitrogens with one attached hydrogen (secondary N) is 1. The van der Waals surface area contributed by atoms with Crippen molar-refractivity contribution < 1.29 is 14.3 Å². The Balaban J connectivity index is 1.72. The molecule has 2 amide bonds. The standard InChI is InChI=1S/C23H27N3O3S/c1-4-14-26-22(28)20(15-21(27)25-19-9-7-6-8-16(19)3)30-23(26)24-17-10-12-18(13-11-17)29-5-2/h6-13,20H,4-5,14-15H2,1-3H3,(H,25,27)/t20-/m0/s1. The van der Waals surface area contributed by atoms with E-state index in [4.69, 9.17) is 4.74 Å². The van der Waals surface area contributed by atoms with Gasteiger partial charge < -0.3 is 10.1 Å². The first kappa shape index (κ1) is 21.9. The lowest BCUT2D eigenvalue weighted by Crippen LogP contribution is -2.34. The van der Waals surface area contributed by atoms with Crippen molar-refractivity contribution in [1.82, 2.24) is 4.90 Å².